The van der Waals surface area contributed by atoms with Gasteiger partial charge in [-0.1, -0.05) is 24.3 Å². The van der Waals surface area contributed by atoms with Crippen molar-refractivity contribution in [3.63, 3.8) is 0 Å². The molecule has 0 aromatic heterocycles. The monoisotopic (exact) mass is 315 g/mol. The summed E-state index contributed by atoms with van der Waals surface area (Å²) in [4.78, 5) is 10.7. The molecule has 1 aromatic rings. The average molecular weight is 315 g/mol. The summed E-state index contributed by atoms with van der Waals surface area (Å²) in [5, 5.41) is 8.77. The van der Waals surface area contributed by atoms with Gasteiger partial charge in [0.25, 0.3) is 0 Å². The van der Waals surface area contributed by atoms with Crippen molar-refractivity contribution in [2.24, 2.45) is 5.73 Å². The minimum Gasteiger partial charge on any atom is -0.480 e. The number of carbonyl (C=O) groups is 1. The van der Waals surface area contributed by atoms with E-state index in [0.29, 0.717) is 13.2 Å². The Morgan fingerprint density at radius 1 is 1.19 bits per heavy atom. The molecule has 6 nitrogen and oxygen atoms in total. The van der Waals surface area contributed by atoms with Crippen LogP contribution in [0.2, 0.25) is 0 Å². The first-order valence-electron chi connectivity index (χ1n) is 6.84. The van der Waals surface area contributed by atoms with Crippen molar-refractivity contribution in [2.75, 3.05) is 13.2 Å². The van der Waals surface area contributed by atoms with Crippen LogP contribution in [0, 0.1) is 0 Å². The van der Waals surface area contributed by atoms with E-state index in [4.69, 9.17) is 19.9 Å². The van der Waals surface area contributed by atoms with Crippen molar-refractivity contribution in [3.8, 4) is 0 Å². The quantitative estimate of drug-likeness (QED) is 0.679. The maximum Gasteiger partial charge on any atom is 0.335 e. The first-order valence-corrected chi connectivity index (χ1v) is 8.57. The maximum absolute atomic E-state index is 12.4. The second-order valence-electron chi connectivity index (χ2n) is 4.57. The minimum absolute atomic E-state index is 0.194. The van der Waals surface area contributed by atoms with E-state index >= 15 is 0 Å². The van der Waals surface area contributed by atoms with Crippen LogP contribution in [0.1, 0.15) is 25.0 Å². The molecule has 0 bridgehead atoms. The number of benzene rings is 1. The van der Waals surface area contributed by atoms with Crippen LogP contribution in [-0.4, -0.2) is 30.3 Å². The molecule has 0 amide bonds. The fraction of sp³-hybridized carbons (Fsp3) is 0.500. The summed E-state index contributed by atoms with van der Waals surface area (Å²) in [5.74, 6) is -1.03. The summed E-state index contributed by atoms with van der Waals surface area (Å²) in [6, 6.07) is 6.21. The van der Waals surface area contributed by atoms with E-state index in [1.807, 2.05) is 0 Å². The van der Waals surface area contributed by atoms with Gasteiger partial charge >= 0.3 is 13.6 Å². The SMILES string of the molecule is CCOP(=O)(Cc1ccc(C[C@@H](N)C(=O)O)cc1)OCC. The van der Waals surface area contributed by atoms with E-state index in [1.165, 1.54) is 0 Å². The zero-order valence-electron chi connectivity index (χ0n) is 12.3. The van der Waals surface area contributed by atoms with Gasteiger partial charge in [-0.25, -0.2) is 0 Å². The molecular weight excluding hydrogens is 293 g/mol. The molecule has 0 unspecified atom stereocenters. The van der Waals surface area contributed by atoms with Crippen molar-refractivity contribution in [3.05, 3.63) is 35.4 Å². The predicted molar refractivity (Wildman–Crippen MR) is 80.3 cm³/mol. The second-order valence-corrected chi connectivity index (χ2v) is 6.62. The molecule has 0 aliphatic rings. The van der Waals surface area contributed by atoms with Crippen LogP contribution in [0.4, 0.5) is 0 Å². The molecule has 0 radical (unpaired) electrons. The van der Waals surface area contributed by atoms with Crippen LogP contribution in [0.25, 0.3) is 0 Å². The van der Waals surface area contributed by atoms with Gasteiger partial charge in [0.05, 0.1) is 19.4 Å². The third-order valence-corrected chi connectivity index (χ3v) is 4.88. The maximum atomic E-state index is 12.4. The Balaban J connectivity index is 2.73. The molecule has 21 heavy (non-hydrogen) atoms. The number of carboxylic acids is 1. The van der Waals surface area contributed by atoms with E-state index in [0.717, 1.165) is 11.1 Å². The fourth-order valence-corrected chi connectivity index (χ4v) is 3.57. The summed E-state index contributed by atoms with van der Waals surface area (Å²) >= 11 is 0. The molecule has 0 aliphatic heterocycles. The van der Waals surface area contributed by atoms with Gasteiger partial charge in [-0.05, 0) is 31.4 Å². The first kappa shape index (κ1) is 17.9. The topological polar surface area (TPSA) is 98.9 Å². The number of nitrogens with two attached hydrogens (primary N) is 1. The van der Waals surface area contributed by atoms with Gasteiger partial charge in [-0.3, -0.25) is 9.36 Å². The number of hydrogen-bond donors (Lipinski definition) is 2. The van der Waals surface area contributed by atoms with E-state index in [1.54, 1.807) is 38.1 Å². The van der Waals surface area contributed by atoms with Gasteiger partial charge in [0.1, 0.15) is 6.04 Å². The Bertz CT molecular complexity index is 493. The van der Waals surface area contributed by atoms with Gasteiger partial charge in [0, 0.05) is 0 Å². The smallest absolute Gasteiger partial charge is 0.335 e. The van der Waals surface area contributed by atoms with Crippen molar-refractivity contribution in [2.45, 2.75) is 32.5 Å². The van der Waals surface area contributed by atoms with E-state index < -0.39 is 19.6 Å². The Kier molecular flexibility index (Phi) is 7.05. The van der Waals surface area contributed by atoms with Crippen molar-refractivity contribution in [1.29, 1.82) is 0 Å². The largest absolute Gasteiger partial charge is 0.480 e. The molecule has 1 rings (SSSR count). The highest BCUT2D eigenvalue weighted by molar-refractivity contribution is 7.53. The summed E-state index contributed by atoms with van der Waals surface area (Å²) in [6.45, 7) is 4.18. The van der Waals surface area contributed by atoms with Crippen LogP contribution < -0.4 is 5.73 Å². The Labute approximate surface area is 124 Å². The van der Waals surface area contributed by atoms with Crippen LogP contribution in [-0.2, 0) is 31.0 Å². The van der Waals surface area contributed by atoms with Crippen molar-refractivity contribution < 1.29 is 23.5 Å². The van der Waals surface area contributed by atoms with Crippen LogP contribution >= 0.6 is 7.60 Å². The highest BCUT2D eigenvalue weighted by Gasteiger charge is 2.24. The first-order chi connectivity index (χ1) is 9.90. The fourth-order valence-electron chi connectivity index (χ4n) is 1.87. The second kappa shape index (κ2) is 8.29. The highest BCUT2D eigenvalue weighted by Crippen LogP contribution is 2.51. The van der Waals surface area contributed by atoms with Crippen LogP contribution in [0.3, 0.4) is 0 Å². The van der Waals surface area contributed by atoms with Gasteiger partial charge < -0.3 is 19.9 Å². The van der Waals surface area contributed by atoms with Crippen molar-refractivity contribution >= 4 is 13.6 Å². The van der Waals surface area contributed by atoms with E-state index in [9.17, 15) is 9.36 Å². The lowest BCUT2D eigenvalue weighted by Gasteiger charge is -2.17. The molecule has 0 saturated heterocycles. The lowest BCUT2D eigenvalue weighted by Crippen LogP contribution is -2.32. The third-order valence-electron chi connectivity index (χ3n) is 2.82. The number of hydrogen-bond acceptors (Lipinski definition) is 5. The molecular formula is C14H22NO5P. The lowest BCUT2D eigenvalue weighted by atomic mass is 10.1. The molecule has 1 atom stereocenters. The standard InChI is InChI=1S/C14H22NO5P/c1-3-19-21(18,20-4-2)10-12-7-5-11(6-8-12)9-13(15)14(16)17/h5-8,13H,3-4,9-10,15H2,1-2H3,(H,16,17)/t13-/m1/s1. The zero-order chi connectivity index (χ0) is 15.9. The summed E-state index contributed by atoms with van der Waals surface area (Å²) in [7, 11) is -3.12. The molecule has 3 N–H and O–H groups in total. The summed E-state index contributed by atoms with van der Waals surface area (Å²) < 4.78 is 22.9. The predicted octanol–water partition coefficient (Wildman–Crippen LogP) is 2.41. The molecule has 0 fully saturated rings. The molecule has 1 aromatic carbocycles. The Morgan fingerprint density at radius 2 is 1.67 bits per heavy atom. The number of carboxylic acid groups (broad SMARTS) is 1. The average Bonchev–Trinajstić information content (AvgIpc) is 2.41. The molecule has 0 spiro atoms. The molecule has 0 heterocycles. The number of rotatable bonds is 9. The summed E-state index contributed by atoms with van der Waals surface area (Å²) in [5.41, 5.74) is 7.11. The third kappa shape index (κ3) is 5.98. The molecule has 7 heteroatoms. The summed E-state index contributed by atoms with van der Waals surface area (Å²) in [6.07, 6.45) is 0.449. The van der Waals surface area contributed by atoms with Crippen LogP contribution in [0.5, 0.6) is 0 Å². The Hall–Kier alpha value is -1.20. The normalized spacial score (nSPS) is 13.1. The zero-order valence-corrected chi connectivity index (χ0v) is 13.2. The molecule has 0 aliphatic carbocycles. The van der Waals surface area contributed by atoms with Crippen LogP contribution in [0.15, 0.2) is 24.3 Å². The molecule has 118 valence electrons. The van der Waals surface area contributed by atoms with E-state index in [2.05, 4.69) is 0 Å². The van der Waals surface area contributed by atoms with Crippen molar-refractivity contribution in [1.82, 2.24) is 0 Å². The van der Waals surface area contributed by atoms with Gasteiger partial charge in [-0.15, -0.1) is 0 Å². The Morgan fingerprint density at radius 3 is 2.10 bits per heavy atom. The molecule has 0 saturated carbocycles. The van der Waals surface area contributed by atoms with Gasteiger partial charge in [0.15, 0.2) is 0 Å². The van der Waals surface area contributed by atoms with E-state index in [-0.39, 0.29) is 12.6 Å². The lowest BCUT2D eigenvalue weighted by molar-refractivity contribution is -0.138. The minimum atomic E-state index is -3.12. The highest BCUT2D eigenvalue weighted by atomic mass is 31.2. The number of aliphatic carboxylic acids is 1. The van der Waals surface area contributed by atoms with Gasteiger partial charge in [-0.2, -0.15) is 0 Å². The van der Waals surface area contributed by atoms with Gasteiger partial charge in [0.2, 0.25) is 0 Å².